The normalized spacial score (nSPS) is 10.1. The van der Waals surface area contributed by atoms with E-state index in [4.69, 9.17) is 10.8 Å². The zero-order valence-electron chi connectivity index (χ0n) is 8.40. The van der Waals surface area contributed by atoms with E-state index in [0.717, 1.165) is 0 Å². The fourth-order valence-electron chi connectivity index (χ4n) is 1.41. The Kier molecular flexibility index (Phi) is 2.98. The number of aromatic hydroxyl groups is 1. The Morgan fingerprint density at radius 3 is 2.44 bits per heavy atom. The number of aromatic nitrogens is 1. The number of amides is 1. The van der Waals surface area contributed by atoms with Gasteiger partial charge in [0.2, 0.25) is 0 Å². The zero-order valence-corrected chi connectivity index (χ0v) is 8.40. The van der Waals surface area contributed by atoms with Crippen LogP contribution in [0.15, 0.2) is 4.79 Å². The molecule has 0 saturated carbocycles. The van der Waals surface area contributed by atoms with Crippen LogP contribution < -0.4 is 11.3 Å². The average Bonchev–Trinajstić information content (AvgIpc) is 2.10. The summed E-state index contributed by atoms with van der Waals surface area (Å²) in [5.41, 5.74) is 3.85. The smallest absolute Gasteiger partial charge is 0.308 e. The van der Waals surface area contributed by atoms with Gasteiger partial charge < -0.3 is 15.9 Å². The number of H-pyrrole nitrogens is 1. The van der Waals surface area contributed by atoms with Crippen molar-refractivity contribution in [3.05, 3.63) is 27.0 Å². The standard InChI is InChI=1S/C9H10N2O5/c1-3-4(2-5(12)13)8(15)11-9(16)6(3)7(10)14/h2H2,1H3,(H2,10,14)(H,12,13)(H2,11,15,16). The summed E-state index contributed by atoms with van der Waals surface area (Å²) < 4.78 is 0. The Morgan fingerprint density at radius 1 is 1.44 bits per heavy atom. The summed E-state index contributed by atoms with van der Waals surface area (Å²) >= 11 is 0. The minimum atomic E-state index is -1.19. The highest BCUT2D eigenvalue weighted by atomic mass is 16.4. The highest BCUT2D eigenvalue weighted by Crippen LogP contribution is 2.19. The Morgan fingerprint density at radius 2 is 2.00 bits per heavy atom. The van der Waals surface area contributed by atoms with Crippen molar-refractivity contribution in [3.8, 4) is 5.88 Å². The number of nitrogens with one attached hydrogen (secondary N) is 1. The van der Waals surface area contributed by atoms with Crippen LogP contribution in [0.3, 0.4) is 0 Å². The molecule has 1 aromatic heterocycles. The highest BCUT2D eigenvalue weighted by molar-refractivity contribution is 5.94. The number of nitrogens with two attached hydrogens (primary N) is 1. The number of pyridine rings is 1. The van der Waals surface area contributed by atoms with Crippen LogP contribution in [0.2, 0.25) is 0 Å². The summed E-state index contributed by atoms with van der Waals surface area (Å²) in [7, 11) is 0. The fourth-order valence-corrected chi connectivity index (χ4v) is 1.41. The number of hydrogen-bond donors (Lipinski definition) is 4. The molecule has 0 aliphatic rings. The van der Waals surface area contributed by atoms with Gasteiger partial charge in [-0.1, -0.05) is 0 Å². The maximum Gasteiger partial charge on any atom is 0.308 e. The molecule has 0 saturated heterocycles. The Labute approximate surface area is 89.5 Å². The first kappa shape index (κ1) is 11.8. The molecule has 1 aromatic rings. The number of rotatable bonds is 3. The maximum absolute atomic E-state index is 11.3. The molecular formula is C9H10N2O5. The molecule has 0 aliphatic carbocycles. The lowest BCUT2D eigenvalue weighted by Gasteiger charge is -2.08. The van der Waals surface area contributed by atoms with Gasteiger partial charge >= 0.3 is 5.97 Å². The molecule has 16 heavy (non-hydrogen) atoms. The quantitative estimate of drug-likeness (QED) is 0.530. The minimum absolute atomic E-state index is 0.0269. The third-order valence-corrected chi connectivity index (χ3v) is 2.15. The first-order valence-electron chi connectivity index (χ1n) is 4.31. The lowest BCUT2D eigenvalue weighted by molar-refractivity contribution is -0.136. The average molecular weight is 226 g/mol. The number of hydrogen-bond acceptors (Lipinski definition) is 4. The van der Waals surface area contributed by atoms with Gasteiger partial charge in [0.25, 0.3) is 11.5 Å². The molecule has 5 N–H and O–H groups in total. The van der Waals surface area contributed by atoms with Crippen LogP contribution in [0.25, 0.3) is 0 Å². The van der Waals surface area contributed by atoms with Crippen molar-refractivity contribution in [2.24, 2.45) is 5.73 Å². The summed E-state index contributed by atoms with van der Waals surface area (Å²) in [6, 6.07) is 0. The van der Waals surface area contributed by atoms with E-state index in [1.807, 2.05) is 4.98 Å². The molecule has 0 unspecified atom stereocenters. The van der Waals surface area contributed by atoms with Gasteiger partial charge in [-0.25, -0.2) is 0 Å². The predicted octanol–water partition coefficient (Wildman–Crippen LogP) is -0.885. The topological polar surface area (TPSA) is 133 Å². The molecule has 0 atom stereocenters. The summed E-state index contributed by atoms with van der Waals surface area (Å²) in [5.74, 6) is -2.72. The van der Waals surface area contributed by atoms with Gasteiger partial charge in [-0.2, -0.15) is 0 Å². The van der Waals surface area contributed by atoms with Crippen molar-refractivity contribution in [2.75, 3.05) is 0 Å². The Bertz CT molecular complexity index is 517. The molecule has 1 rings (SSSR count). The molecule has 1 heterocycles. The highest BCUT2D eigenvalue weighted by Gasteiger charge is 2.19. The van der Waals surface area contributed by atoms with Gasteiger partial charge in [-0.05, 0) is 12.5 Å². The molecule has 7 heteroatoms. The number of carboxylic acid groups (broad SMARTS) is 1. The van der Waals surface area contributed by atoms with Crippen molar-refractivity contribution in [2.45, 2.75) is 13.3 Å². The minimum Gasteiger partial charge on any atom is -0.494 e. The van der Waals surface area contributed by atoms with Crippen molar-refractivity contribution >= 4 is 11.9 Å². The van der Waals surface area contributed by atoms with E-state index in [2.05, 4.69) is 0 Å². The van der Waals surface area contributed by atoms with Crippen molar-refractivity contribution < 1.29 is 19.8 Å². The first-order valence-corrected chi connectivity index (χ1v) is 4.31. The first-order chi connectivity index (χ1) is 7.34. The third kappa shape index (κ3) is 2.02. The number of aliphatic carboxylic acids is 1. The van der Waals surface area contributed by atoms with Gasteiger partial charge in [0.15, 0.2) is 5.88 Å². The molecule has 1 amide bonds. The van der Waals surface area contributed by atoms with Crippen LogP contribution in [-0.2, 0) is 11.2 Å². The maximum atomic E-state index is 11.3. The molecule has 0 aromatic carbocycles. The second kappa shape index (κ2) is 4.05. The number of carboxylic acids is 1. The zero-order chi connectivity index (χ0) is 12.5. The van der Waals surface area contributed by atoms with E-state index in [1.54, 1.807) is 0 Å². The van der Waals surface area contributed by atoms with E-state index in [0.29, 0.717) is 0 Å². The number of primary amides is 1. The van der Waals surface area contributed by atoms with E-state index in [-0.39, 0.29) is 16.7 Å². The number of carbonyl (C=O) groups excluding carboxylic acids is 1. The second-order valence-corrected chi connectivity index (χ2v) is 3.22. The largest absolute Gasteiger partial charge is 0.494 e. The van der Waals surface area contributed by atoms with Gasteiger partial charge in [-0.15, -0.1) is 0 Å². The Hall–Kier alpha value is -2.31. The van der Waals surface area contributed by atoms with Gasteiger partial charge in [0.05, 0.1) is 6.42 Å². The van der Waals surface area contributed by atoms with Gasteiger partial charge in [-0.3, -0.25) is 19.4 Å². The third-order valence-electron chi connectivity index (χ3n) is 2.15. The van der Waals surface area contributed by atoms with E-state index >= 15 is 0 Å². The summed E-state index contributed by atoms with van der Waals surface area (Å²) in [4.78, 5) is 34.7. The SMILES string of the molecule is Cc1c(CC(=O)O)c(O)[nH]c(=O)c1C(N)=O. The van der Waals surface area contributed by atoms with Crippen LogP contribution in [-0.4, -0.2) is 27.1 Å². The molecule has 86 valence electrons. The molecular weight excluding hydrogens is 216 g/mol. The molecule has 0 bridgehead atoms. The van der Waals surface area contributed by atoms with E-state index < -0.39 is 29.7 Å². The monoisotopic (exact) mass is 226 g/mol. The van der Waals surface area contributed by atoms with Crippen LogP contribution in [0.4, 0.5) is 0 Å². The van der Waals surface area contributed by atoms with Crippen LogP contribution in [0, 0.1) is 6.92 Å². The summed E-state index contributed by atoms with van der Waals surface area (Å²) in [6.07, 6.45) is -0.505. The summed E-state index contributed by atoms with van der Waals surface area (Å²) in [6.45, 7) is 1.35. The summed E-state index contributed by atoms with van der Waals surface area (Å²) in [5, 5.41) is 18.0. The lowest BCUT2D eigenvalue weighted by atomic mass is 10.0. The molecule has 7 nitrogen and oxygen atoms in total. The van der Waals surface area contributed by atoms with Gasteiger partial charge in [0, 0.05) is 5.56 Å². The molecule has 0 radical (unpaired) electrons. The number of carbonyl (C=O) groups is 2. The van der Waals surface area contributed by atoms with Gasteiger partial charge in [0.1, 0.15) is 5.56 Å². The fraction of sp³-hybridized carbons (Fsp3) is 0.222. The van der Waals surface area contributed by atoms with Crippen LogP contribution in [0.5, 0.6) is 5.88 Å². The van der Waals surface area contributed by atoms with Crippen LogP contribution in [0.1, 0.15) is 21.5 Å². The molecule has 0 spiro atoms. The number of aromatic amines is 1. The van der Waals surface area contributed by atoms with Crippen molar-refractivity contribution in [3.63, 3.8) is 0 Å². The molecule has 0 fully saturated rings. The van der Waals surface area contributed by atoms with E-state index in [9.17, 15) is 19.5 Å². The van der Waals surface area contributed by atoms with Crippen LogP contribution >= 0.6 is 0 Å². The van der Waals surface area contributed by atoms with Crippen molar-refractivity contribution in [1.82, 2.24) is 4.98 Å². The molecule has 0 aliphatic heterocycles. The lowest BCUT2D eigenvalue weighted by Crippen LogP contribution is -2.26. The van der Waals surface area contributed by atoms with Crippen molar-refractivity contribution in [1.29, 1.82) is 0 Å². The second-order valence-electron chi connectivity index (χ2n) is 3.22. The predicted molar refractivity (Wildman–Crippen MR) is 53.3 cm³/mol. The van der Waals surface area contributed by atoms with E-state index in [1.165, 1.54) is 6.92 Å². The Balaban J connectivity index is 3.51.